The van der Waals surface area contributed by atoms with E-state index in [4.69, 9.17) is 10.5 Å². The molecule has 1 rings (SSSR count). The maximum Gasteiger partial charge on any atom is 0.140 e. The van der Waals surface area contributed by atoms with Gasteiger partial charge >= 0.3 is 0 Å². The topological polar surface area (TPSA) is 63.7 Å². The summed E-state index contributed by atoms with van der Waals surface area (Å²) in [5.41, 5.74) is 1.47. The van der Waals surface area contributed by atoms with Crippen molar-refractivity contribution in [3.8, 4) is 12.1 Å². The SMILES string of the molecule is CC(CC#N)N(C)Cc1ccnc(C#N)c1. The van der Waals surface area contributed by atoms with E-state index in [9.17, 15) is 0 Å². The van der Waals surface area contributed by atoms with Gasteiger partial charge in [0, 0.05) is 18.8 Å². The van der Waals surface area contributed by atoms with Gasteiger partial charge in [0.2, 0.25) is 0 Å². The van der Waals surface area contributed by atoms with Crippen molar-refractivity contribution in [1.29, 1.82) is 10.5 Å². The number of rotatable bonds is 4. The van der Waals surface area contributed by atoms with Crippen LogP contribution in [0, 0.1) is 22.7 Å². The molecule has 0 radical (unpaired) electrons. The van der Waals surface area contributed by atoms with Crippen LogP contribution in [0.3, 0.4) is 0 Å². The quantitative estimate of drug-likeness (QED) is 0.765. The van der Waals surface area contributed by atoms with Crippen LogP contribution in [0.15, 0.2) is 18.3 Å². The van der Waals surface area contributed by atoms with E-state index < -0.39 is 0 Å². The Morgan fingerprint density at radius 1 is 1.50 bits per heavy atom. The molecule has 0 amide bonds. The van der Waals surface area contributed by atoms with Crippen molar-refractivity contribution < 1.29 is 0 Å². The van der Waals surface area contributed by atoms with Crippen LogP contribution in [-0.4, -0.2) is 23.0 Å². The van der Waals surface area contributed by atoms with Gasteiger partial charge < -0.3 is 0 Å². The zero-order valence-electron chi connectivity index (χ0n) is 9.51. The molecule has 1 unspecified atom stereocenters. The van der Waals surface area contributed by atoms with Gasteiger partial charge in [-0.25, -0.2) is 4.98 Å². The molecule has 0 N–H and O–H groups in total. The molecule has 4 nitrogen and oxygen atoms in total. The van der Waals surface area contributed by atoms with E-state index in [2.05, 4.69) is 16.0 Å². The predicted molar refractivity (Wildman–Crippen MR) is 60.1 cm³/mol. The molecule has 0 saturated carbocycles. The Hall–Kier alpha value is -1.91. The second-order valence-corrected chi connectivity index (χ2v) is 3.79. The minimum Gasteiger partial charge on any atom is -0.298 e. The average Bonchev–Trinajstić information content (AvgIpc) is 2.29. The smallest absolute Gasteiger partial charge is 0.140 e. The van der Waals surface area contributed by atoms with Crippen LogP contribution < -0.4 is 0 Å². The fraction of sp³-hybridized carbons (Fsp3) is 0.417. The summed E-state index contributed by atoms with van der Waals surface area (Å²) in [6.45, 7) is 2.73. The third-order valence-electron chi connectivity index (χ3n) is 2.51. The molecule has 1 heterocycles. The van der Waals surface area contributed by atoms with Crippen LogP contribution in [0.2, 0.25) is 0 Å². The standard InChI is InChI=1S/C12H14N4/c1-10(3-5-13)16(2)9-11-4-6-15-12(7-11)8-14/h4,6-7,10H,3,9H2,1-2H3. The zero-order chi connectivity index (χ0) is 12.0. The molecular formula is C12H14N4. The van der Waals surface area contributed by atoms with Crippen LogP contribution in [0.1, 0.15) is 24.6 Å². The Morgan fingerprint density at radius 3 is 2.88 bits per heavy atom. The molecule has 0 aliphatic rings. The highest BCUT2D eigenvalue weighted by atomic mass is 15.1. The Morgan fingerprint density at radius 2 is 2.25 bits per heavy atom. The Kier molecular flexibility index (Phi) is 4.44. The number of nitriles is 2. The molecular weight excluding hydrogens is 200 g/mol. The lowest BCUT2D eigenvalue weighted by molar-refractivity contribution is 0.252. The molecule has 1 atom stereocenters. The third kappa shape index (κ3) is 3.34. The summed E-state index contributed by atoms with van der Waals surface area (Å²) in [6, 6.07) is 8.03. The van der Waals surface area contributed by atoms with Gasteiger partial charge in [-0.3, -0.25) is 4.90 Å². The molecule has 0 saturated heterocycles. The lowest BCUT2D eigenvalue weighted by atomic mass is 10.2. The second kappa shape index (κ2) is 5.85. The van der Waals surface area contributed by atoms with Crippen molar-refractivity contribution in [3.05, 3.63) is 29.6 Å². The summed E-state index contributed by atoms with van der Waals surface area (Å²) in [5, 5.41) is 17.3. The average molecular weight is 214 g/mol. The Labute approximate surface area is 95.8 Å². The predicted octanol–water partition coefficient (Wildman–Crippen LogP) is 1.69. The van der Waals surface area contributed by atoms with Crippen molar-refractivity contribution in [1.82, 2.24) is 9.88 Å². The molecule has 4 heteroatoms. The zero-order valence-corrected chi connectivity index (χ0v) is 9.51. The van der Waals surface area contributed by atoms with E-state index in [1.165, 1.54) is 0 Å². The van der Waals surface area contributed by atoms with E-state index in [0.717, 1.165) is 12.1 Å². The van der Waals surface area contributed by atoms with E-state index in [-0.39, 0.29) is 6.04 Å². The normalized spacial score (nSPS) is 11.8. The summed E-state index contributed by atoms with van der Waals surface area (Å²) in [6.07, 6.45) is 2.14. The highest BCUT2D eigenvalue weighted by molar-refractivity contribution is 5.25. The van der Waals surface area contributed by atoms with Gasteiger partial charge in [-0.05, 0) is 31.7 Å². The van der Waals surface area contributed by atoms with Crippen LogP contribution in [0.4, 0.5) is 0 Å². The molecule has 0 spiro atoms. The fourth-order valence-corrected chi connectivity index (χ4v) is 1.37. The summed E-state index contributed by atoms with van der Waals surface area (Å²) in [4.78, 5) is 6.00. The van der Waals surface area contributed by atoms with Gasteiger partial charge in [0.1, 0.15) is 11.8 Å². The minimum absolute atomic E-state index is 0.212. The second-order valence-electron chi connectivity index (χ2n) is 3.79. The molecule has 0 aromatic carbocycles. The minimum atomic E-state index is 0.212. The van der Waals surface area contributed by atoms with Gasteiger partial charge in [-0.2, -0.15) is 10.5 Å². The lowest BCUT2D eigenvalue weighted by Crippen LogP contribution is -2.28. The van der Waals surface area contributed by atoms with Crippen LogP contribution in [0.25, 0.3) is 0 Å². The third-order valence-corrected chi connectivity index (χ3v) is 2.51. The Bertz CT molecular complexity index is 427. The van der Waals surface area contributed by atoms with E-state index in [1.54, 1.807) is 12.3 Å². The first-order valence-corrected chi connectivity index (χ1v) is 5.09. The van der Waals surface area contributed by atoms with Crippen molar-refractivity contribution in [2.45, 2.75) is 25.9 Å². The highest BCUT2D eigenvalue weighted by Gasteiger charge is 2.09. The number of hydrogen-bond acceptors (Lipinski definition) is 4. The summed E-state index contributed by atoms with van der Waals surface area (Å²) in [7, 11) is 1.97. The van der Waals surface area contributed by atoms with Crippen molar-refractivity contribution in [3.63, 3.8) is 0 Å². The first kappa shape index (κ1) is 12.2. The van der Waals surface area contributed by atoms with Crippen LogP contribution >= 0.6 is 0 Å². The molecule has 1 aromatic rings. The summed E-state index contributed by atoms with van der Waals surface area (Å²) >= 11 is 0. The highest BCUT2D eigenvalue weighted by Crippen LogP contribution is 2.08. The molecule has 16 heavy (non-hydrogen) atoms. The van der Waals surface area contributed by atoms with Crippen molar-refractivity contribution >= 4 is 0 Å². The van der Waals surface area contributed by atoms with Gasteiger partial charge in [0.15, 0.2) is 0 Å². The number of aromatic nitrogens is 1. The van der Waals surface area contributed by atoms with Crippen molar-refractivity contribution in [2.24, 2.45) is 0 Å². The van der Waals surface area contributed by atoms with Gasteiger partial charge in [-0.1, -0.05) is 0 Å². The lowest BCUT2D eigenvalue weighted by Gasteiger charge is -2.22. The number of nitrogens with zero attached hydrogens (tertiary/aromatic N) is 4. The Balaban J connectivity index is 2.66. The maximum atomic E-state index is 8.72. The summed E-state index contributed by atoms with van der Waals surface area (Å²) in [5.74, 6) is 0. The molecule has 82 valence electrons. The number of hydrogen-bond donors (Lipinski definition) is 0. The fourth-order valence-electron chi connectivity index (χ4n) is 1.37. The molecule has 0 fully saturated rings. The molecule has 1 aromatic heterocycles. The van der Waals surface area contributed by atoms with Gasteiger partial charge in [0.25, 0.3) is 0 Å². The van der Waals surface area contributed by atoms with Gasteiger partial charge in [0.05, 0.1) is 12.5 Å². The first-order chi connectivity index (χ1) is 7.67. The van der Waals surface area contributed by atoms with E-state index >= 15 is 0 Å². The van der Waals surface area contributed by atoms with Crippen LogP contribution in [0.5, 0.6) is 0 Å². The van der Waals surface area contributed by atoms with E-state index in [1.807, 2.05) is 26.1 Å². The first-order valence-electron chi connectivity index (χ1n) is 5.09. The maximum absolute atomic E-state index is 8.72. The molecule has 0 aliphatic carbocycles. The summed E-state index contributed by atoms with van der Waals surface area (Å²) < 4.78 is 0. The molecule has 0 bridgehead atoms. The van der Waals surface area contributed by atoms with Crippen LogP contribution in [-0.2, 0) is 6.54 Å². The number of pyridine rings is 1. The van der Waals surface area contributed by atoms with Gasteiger partial charge in [-0.15, -0.1) is 0 Å². The van der Waals surface area contributed by atoms with E-state index in [0.29, 0.717) is 12.1 Å². The largest absolute Gasteiger partial charge is 0.298 e. The van der Waals surface area contributed by atoms with Crippen molar-refractivity contribution in [2.75, 3.05) is 7.05 Å². The monoisotopic (exact) mass is 214 g/mol. The molecule has 0 aliphatic heterocycles.